The van der Waals surface area contributed by atoms with E-state index in [1.165, 1.54) is 25.5 Å². The molecule has 0 bridgehead atoms. The largest absolute Gasteiger partial charge is 0.490 e. The Balaban J connectivity index is 1.88. The number of hydrogen-bond acceptors (Lipinski definition) is 9. The van der Waals surface area contributed by atoms with Gasteiger partial charge in [-0.3, -0.25) is 10.1 Å². The van der Waals surface area contributed by atoms with Crippen molar-refractivity contribution >= 4 is 17.9 Å². The van der Waals surface area contributed by atoms with Crippen LogP contribution in [0.5, 0.6) is 5.75 Å². The molecule has 2 aromatic heterocycles. The molecule has 11 heteroatoms. The molecular weight excluding hydrogens is 318 g/mol. The van der Waals surface area contributed by atoms with Gasteiger partial charge >= 0.3 is 5.69 Å². The van der Waals surface area contributed by atoms with E-state index in [-0.39, 0.29) is 17.4 Å². The van der Waals surface area contributed by atoms with Gasteiger partial charge in [0.25, 0.3) is 5.95 Å². The number of benzene rings is 1. The Morgan fingerprint density at radius 2 is 2.25 bits per heavy atom. The molecule has 0 unspecified atom stereocenters. The lowest BCUT2D eigenvalue weighted by atomic mass is 10.1. The van der Waals surface area contributed by atoms with Gasteiger partial charge < -0.3 is 14.9 Å². The zero-order chi connectivity index (χ0) is 17.1. The van der Waals surface area contributed by atoms with Crippen molar-refractivity contribution in [1.82, 2.24) is 20.3 Å². The number of nitro benzene ring substituents is 1. The average Bonchev–Trinajstić information content (AvgIpc) is 3.21. The summed E-state index contributed by atoms with van der Waals surface area (Å²) in [6.07, 6.45) is 1.37. The Kier molecular flexibility index (Phi) is 3.89. The first-order valence-corrected chi connectivity index (χ1v) is 6.59. The number of nitrogen functional groups attached to an aromatic ring is 1. The van der Waals surface area contributed by atoms with Crippen molar-refractivity contribution in [3.05, 3.63) is 46.2 Å². The number of rotatable bonds is 5. The molecule has 2 heterocycles. The van der Waals surface area contributed by atoms with E-state index >= 15 is 0 Å². The van der Waals surface area contributed by atoms with Gasteiger partial charge in [0.1, 0.15) is 11.5 Å². The zero-order valence-electron chi connectivity index (χ0n) is 12.4. The van der Waals surface area contributed by atoms with Gasteiger partial charge in [-0.15, -0.1) is 0 Å². The summed E-state index contributed by atoms with van der Waals surface area (Å²) in [5, 5.41) is 25.4. The van der Waals surface area contributed by atoms with E-state index in [4.69, 9.17) is 14.9 Å². The maximum absolute atomic E-state index is 11.1. The average molecular weight is 329 g/mol. The van der Waals surface area contributed by atoms with Crippen LogP contribution in [0.2, 0.25) is 0 Å². The van der Waals surface area contributed by atoms with E-state index < -0.39 is 4.92 Å². The molecule has 0 aliphatic rings. The summed E-state index contributed by atoms with van der Waals surface area (Å²) >= 11 is 0. The van der Waals surface area contributed by atoms with Gasteiger partial charge in [0, 0.05) is 11.6 Å². The molecule has 0 aliphatic heterocycles. The van der Waals surface area contributed by atoms with Gasteiger partial charge in [0.15, 0.2) is 5.75 Å². The monoisotopic (exact) mass is 329 g/mol. The molecule has 11 nitrogen and oxygen atoms in total. The van der Waals surface area contributed by atoms with Crippen LogP contribution in [0.25, 0.3) is 11.3 Å². The van der Waals surface area contributed by atoms with Crippen LogP contribution in [0.15, 0.2) is 39.9 Å². The number of anilines is 1. The molecule has 0 amide bonds. The zero-order valence-corrected chi connectivity index (χ0v) is 12.4. The van der Waals surface area contributed by atoms with Crippen LogP contribution < -0.4 is 10.5 Å². The molecule has 0 aliphatic carbocycles. The normalized spacial score (nSPS) is 11.0. The Morgan fingerprint density at radius 1 is 1.42 bits per heavy atom. The summed E-state index contributed by atoms with van der Waals surface area (Å²) in [4.78, 5) is 11.6. The molecule has 3 rings (SSSR count). The summed E-state index contributed by atoms with van der Waals surface area (Å²) < 4.78 is 10.5. The minimum atomic E-state index is -0.520. The topological polar surface area (TPSA) is 147 Å². The molecule has 0 atom stereocenters. The van der Waals surface area contributed by atoms with Crippen LogP contribution in [0.4, 0.5) is 11.6 Å². The Hall–Kier alpha value is -3.76. The van der Waals surface area contributed by atoms with Gasteiger partial charge in [0.2, 0.25) is 0 Å². The maximum atomic E-state index is 11.1. The summed E-state index contributed by atoms with van der Waals surface area (Å²) in [6.45, 7) is 0. The van der Waals surface area contributed by atoms with Crippen LogP contribution in [-0.2, 0) is 0 Å². The first kappa shape index (κ1) is 15.1. The number of nitrogens with two attached hydrogens (primary N) is 1. The molecule has 122 valence electrons. The molecule has 0 saturated carbocycles. The molecule has 3 aromatic rings. The fraction of sp³-hybridized carbons (Fsp3) is 0.0769. The van der Waals surface area contributed by atoms with Crippen molar-refractivity contribution in [2.45, 2.75) is 0 Å². The summed E-state index contributed by atoms with van der Waals surface area (Å²) in [5.41, 5.74) is 5.86. The van der Waals surface area contributed by atoms with Crippen molar-refractivity contribution in [2.75, 3.05) is 12.8 Å². The van der Waals surface area contributed by atoms with Gasteiger partial charge in [-0.1, -0.05) is 9.89 Å². The van der Waals surface area contributed by atoms with Crippen LogP contribution >= 0.6 is 0 Å². The van der Waals surface area contributed by atoms with Crippen molar-refractivity contribution in [2.24, 2.45) is 5.10 Å². The highest BCUT2D eigenvalue weighted by Gasteiger charge is 2.17. The maximum Gasteiger partial charge on any atom is 0.311 e. The molecule has 0 fully saturated rings. The fourth-order valence-corrected chi connectivity index (χ4v) is 1.95. The molecule has 0 radical (unpaired) electrons. The SMILES string of the molecule is COc1ccc(-c2ccc(C=Nn3nnnc3N)o2)cc1[N+](=O)[O-]. The number of nitro groups is 1. The number of nitrogens with zero attached hydrogens (tertiary/aromatic N) is 6. The van der Waals surface area contributed by atoms with Gasteiger partial charge in [-0.05, 0) is 34.7 Å². The lowest BCUT2D eigenvalue weighted by Crippen LogP contribution is -1.99. The number of aromatic nitrogens is 4. The number of tetrazole rings is 1. The summed E-state index contributed by atoms with van der Waals surface area (Å²) in [7, 11) is 1.37. The highest BCUT2D eigenvalue weighted by atomic mass is 16.6. The number of furan rings is 1. The lowest BCUT2D eigenvalue weighted by molar-refractivity contribution is -0.385. The Morgan fingerprint density at radius 3 is 2.92 bits per heavy atom. The molecule has 0 saturated heterocycles. The Labute approximate surface area is 134 Å². The van der Waals surface area contributed by atoms with E-state index in [0.29, 0.717) is 17.1 Å². The molecule has 0 spiro atoms. The number of hydrogen-bond donors (Lipinski definition) is 1. The standard InChI is InChI=1S/C13H11N7O4/c1-23-12-4-2-8(6-10(12)20(21)22)11-5-3-9(24-11)7-15-19-13(14)16-17-18-19/h2-7H,1H3,(H2,14,16,18). The first-order valence-electron chi connectivity index (χ1n) is 6.59. The minimum absolute atomic E-state index is 0.0313. The van der Waals surface area contributed by atoms with E-state index in [0.717, 1.165) is 4.79 Å². The second-order valence-electron chi connectivity index (χ2n) is 4.52. The van der Waals surface area contributed by atoms with Gasteiger partial charge in [-0.2, -0.15) is 5.10 Å². The van der Waals surface area contributed by atoms with Gasteiger partial charge in [0.05, 0.1) is 18.2 Å². The number of ether oxygens (including phenoxy) is 1. The quantitative estimate of drug-likeness (QED) is 0.418. The van der Waals surface area contributed by atoms with E-state index in [9.17, 15) is 10.1 Å². The number of methoxy groups -OCH3 is 1. The third-order valence-corrected chi connectivity index (χ3v) is 3.06. The summed E-state index contributed by atoms with van der Waals surface area (Å²) in [6, 6.07) is 7.85. The highest BCUT2D eigenvalue weighted by molar-refractivity contribution is 5.77. The van der Waals surface area contributed by atoms with E-state index in [1.807, 2.05) is 0 Å². The van der Waals surface area contributed by atoms with Crippen molar-refractivity contribution < 1.29 is 14.1 Å². The molecule has 1 aromatic carbocycles. The van der Waals surface area contributed by atoms with Crippen molar-refractivity contribution in [1.29, 1.82) is 0 Å². The van der Waals surface area contributed by atoms with Crippen LogP contribution in [0.1, 0.15) is 5.76 Å². The molecule has 2 N–H and O–H groups in total. The van der Waals surface area contributed by atoms with Crippen molar-refractivity contribution in [3.63, 3.8) is 0 Å². The minimum Gasteiger partial charge on any atom is -0.490 e. The van der Waals surface area contributed by atoms with Crippen molar-refractivity contribution in [3.8, 4) is 17.1 Å². The smallest absolute Gasteiger partial charge is 0.311 e. The van der Waals surface area contributed by atoms with E-state index in [2.05, 4.69) is 20.6 Å². The van der Waals surface area contributed by atoms with E-state index in [1.54, 1.807) is 18.2 Å². The predicted molar refractivity (Wildman–Crippen MR) is 82.6 cm³/mol. The third kappa shape index (κ3) is 2.90. The molecule has 24 heavy (non-hydrogen) atoms. The highest BCUT2D eigenvalue weighted by Crippen LogP contribution is 2.32. The van der Waals surface area contributed by atoms with Gasteiger partial charge in [-0.25, -0.2) is 0 Å². The summed E-state index contributed by atoms with van der Waals surface area (Å²) in [5.74, 6) is 1.04. The second kappa shape index (κ2) is 6.16. The Bertz CT molecular complexity index is 915. The molecular formula is C13H11N7O4. The predicted octanol–water partition coefficient (Wildman–Crippen LogP) is 1.31. The second-order valence-corrected chi connectivity index (χ2v) is 4.52. The van der Waals surface area contributed by atoms with Crippen LogP contribution in [-0.4, -0.2) is 38.6 Å². The first-order chi connectivity index (χ1) is 11.6. The fourth-order valence-electron chi connectivity index (χ4n) is 1.95. The lowest BCUT2D eigenvalue weighted by Gasteiger charge is -2.03. The van der Waals surface area contributed by atoms with Crippen LogP contribution in [0, 0.1) is 10.1 Å². The van der Waals surface area contributed by atoms with Crippen LogP contribution in [0.3, 0.4) is 0 Å². The third-order valence-electron chi connectivity index (χ3n) is 3.06.